The summed E-state index contributed by atoms with van der Waals surface area (Å²) in [4.78, 5) is 8.85. The lowest BCUT2D eigenvalue weighted by Gasteiger charge is -2.07. The first-order valence-corrected chi connectivity index (χ1v) is 4.56. The number of rotatable bonds is 2. The fourth-order valence-electron chi connectivity index (χ4n) is 1.01. The second-order valence-corrected chi connectivity index (χ2v) is 3.69. The van der Waals surface area contributed by atoms with E-state index in [0.29, 0.717) is 10.9 Å². The third kappa shape index (κ3) is 2.21. The molecule has 1 aromatic rings. The van der Waals surface area contributed by atoms with Crippen molar-refractivity contribution in [2.45, 2.75) is 26.7 Å². The van der Waals surface area contributed by atoms with Crippen molar-refractivity contribution in [1.29, 1.82) is 0 Å². The minimum absolute atomic E-state index is 0.332. The van der Waals surface area contributed by atoms with Gasteiger partial charge in [-0.25, -0.2) is 9.97 Å². The highest BCUT2D eigenvalue weighted by atomic mass is 32.1. The van der Waals surface area contributed by atoms with Crippen molar-refractivity contribution in [3.63, 3.8) is 0 Å². The summed E-state index contributed by atoms with van der Waals surface area (Å²) in [5.74, 6) is 1.16. The van der Waals surface area contributed by atoms with Crippen molar-refractivity contribution >= 4 is 17.2 Å². The summed E-state index contributed by atoms with van der Waals surface area (Å²) in [6, 6.07) is 0. The van der Waals surface area contributed by atoms with E-state index in [1.807, 2.05) is 6.92 Å². The van der Waals surface area contributed by atoms with Crippen LogP contribution >= 0.6 is 12.2 Å². The van der Waals surface area contributed by atoms with Gasteiger partial charge >= 0.3 is 0 Å². The molecule has 0 bridgehead atoms. The number of nitrogens with two attached hydrogens (primary N) is 1. The molecule has 0 aliphatic carbocycles. The van der Waals surface area contributed by atoms with Crippen LogP contribution in [0.2, 0.25) is 0 Å². The summed E-state index contributed by atoms with van der Waals surface area (Å²) in [6.07, 6.45) is 1.69. The Morgan fingerprint density at radius 3 is 2.54 bits per heavy atom. The molecule has 70 valence electrons. The maximum Gasteiger partial charge on any atom is 0.131 e. The summed E-state index contributed by atoms with van der Waals surface area (Å²) in [5, 5.41) is 0. The maximum absolute atomic E-state index is 5.49. The number of nitrogens with zero attached hydrogens (tertiary/aromatic N) is 2. The van der Waals surface area contributed by atoms with Crippen LogP contribution in [-0.4, -0.2) is 15.0 Å². The molecule has 0 radical (unpaired) electrons. The van der Waals surface area contributed by atoms with Crippen LogP contribution in [0.1, 0.15) is 36.8 Å². The van der Waals surface area contributed by atoms with Crippen LogP contribution < -0.4 is 5.73 Å². The minimum Gasteiger partial charge on any atom is -0.389 e. The van der Waals surface area contributed by atoms with Gasteiger partial charge in [0.2, 0.25) is 0 Å². The lowest BCUT2D eigenvalue weighted by molar-refractivity contribution is 0.765. The summed E-state index contributed by atoms with van der Waals surface area (Å²) in [5.41, 5.74) is 7.11. The van der Waals surface area contributed by atoms with Gasteiger partial charge in [0.05, 0.1) is 5.69 Å². The SMILES string of the molecule is Cc1nc(C(C)C)ncc1C(N)=S. The lowest BCUT2D eigenvalue weighted by Crippen LogP contribution is -2.14. The highest BCUT2D eigenvalue weighted by Gasteiger charge is 2.07. The van der Waals surface area contributed by atoms with Crippen LogP contribution in [0.4, 0.5) is 0 Å². The summed E-state index contributed by atoms with van der Waals surface area (Å²) < 4.78 is 0. The van der Waals surface area contributed by atoms with E-state index in [1.165, 1.54) is 0 Å². The molecule has 0 atom stereocenters. The largest absolute Gasteiger partial charge is 0.389 e. The number of thiocarbonyl (C=S) groups is 1. The average molecular weight is 195 g/mol. The van der Waals surface area contributed by atoms with Crippen LogP contribution in [0.25, 0.3) is 0 Å². The van der Waals surface area contributed by atoms with Crippen molar-refractivity contribution in [1.82, 2.24) is 9.97 Å². The zero-order valence-electron chi connectivity index (χ0n) is 8.03. The maximum atomic E-state index is 5.49. The van der Waals surface area contributed by atoms with Gasteiger partial charge in [0, 0.05) is 17.7 Å². The Kier molecular flexibility index (Phi) is 2.93. The summed E-state index contributed by atoms with van der Waals surface area (Å²) >= 11 is 4.86. The molecule has 0 spiro atoms. The standard InChI is InChI=1S/C9H13N3S/c1-5(2)9-11-4-7(8(10)13)6(3)12-9/h4-5H,1-3H3,(H2,10,13). The molecule has 0 unspecified atom stereocenters. The molecule has 0 amide bonds. The van der Waals surface area contributed by atoms with Gasteiger partial charge in [-0.15, -0.1) is 0 Å². The van der Waals surface area contributed by atoms with Crippen LogP contribution in [0, 0.1) is 6.92 Å². The van der Waals surface area contributed by atoms with Crippen molar-refractivity contribution in [3.05, 3.63) is 23.3 Å². The molecule has 1 heterocycles. The van der Waals surface area contributed by atoms with Gasteiger partial charge in [-0.2, -0.15) is 0 Å². The number of aryl methyl sites for hydroxylation is 1. The van der Waals surface area contributed by atoms with E-state index in [9.17, 15) is 0 Å². The molecule has 0 aliphatic rings. The van der Waals surface area contributed by atoms with E-state index in [0.717, 1.165) is 17.1 Å². The molecule has 0 saturated heterocycles. The Balaban J connectivity index is 3.13. The van der Waals surface area contributed by atoms with Gasteiger partial charge in [-0.3, -0.25) is 0 Å². The first-order chi connectivity index (χ1) is 6.02. The van der Waals surface area contributed by atoms with Gasteiger partial charge in [0.1, 0.15) is 10.8 Å². The fraction of sp³-hybridized carbons (Fsp3) is 0.444. The minimum atomic E-state index is 0.332. The molecular formula is C9H13N3S. The van der Waals surface area contributed by atoms with E-state index < -0.39 is 0 Å². The highest BCUT2D eigenvalue weighted by molar-refractivity contribution is 7.80. The first kappa shape index (κ1) is 10.1. The van der Waals surface area contributed by atoms with Crippen LogP contribution in [0.15, 0.2) is 6.20 Å². The van der Waals surface area contributed by atoms with Crippen molar-refractivity contribution in [3.8, 4) is 0 Å². The zero-order valence-corrected chi connectivity index (χ0v) is 8.85. The first-order valence-electron chi connectivity index (χ1n) is 4.15. The monoisotopic (exact) mass is 195 g/mol. The Morgan fingerprint density at radius 2 is 2.15 bits per heavy atom. The van der Waals surface area contributed by atoms with Crippen molar-refractivity contribution < 1.29 is 0 Å². The number of aromatic nitrogens is 2. The molecule has 3 nitrogen and oxygen atoms in total. The molecule has 13 heavy (non-hydrogen) atoms. The summed E-state index contributed by atoms with van der Waals surface area (Å²) in [7, 11) is 0. The Labute approximate surface area is 83.4 Å². The fourth-order valence-corrected chi connectivity index (χ4v) is 1.21. The van der Waals surface area contributed by atoms with E-state index in [4.69, 9.17) is 18.0 Å². The molecule has 0 saturated carbocycles. The predicted octanol–water partition coefficient (Wildman–Crippen LogP) is 1.54. The van der Waals surface area contributed by atoms with E-state index in [2.05, 4.69) is 23.8 Å². The Bertz CT molecular complexity index is 334. The van der Waals surface area contributed by atoms with E-state index >= 15 is 0 Å². The number of hydrogen-bond acceptors (Lipinski definition) is 3. The molecule has 1 rings (SSSR count). The highest BCUT2D eigenvalue weighted by Crippen LogP contribution is 2.10. The lowest BCUT2D eigenvalue weighted by atomic mass is 10.2. The quantitative estimate of drug-likeness (QED) is 0.727. The Hall–Kier alpha value is -1.03. The van der Waals surface area contributed by atoms with Crippen molar-refractivity contribution in [2.75, 3.05) is 0 Å². The molecule has 0 aliphatic heterocycles. The molecule has 0 fully saturated rings. The van der Waals surface area contributed by atoms with Crippen molar-refractivity contribution in [2.24, 2.45) is 5.73 Å². The second kappa shape index (κ2) is 3.79. The second-order valence-electron chi connectivity index (χ2n) is 3.25. The molecule has 2 N–H and O–H groups in total. The third-order valence-electron chi connectivity index (χ3n) is 1.78. The van der Waals surface area contributed by atoms with E-state index in [-0.39, 0.29) is 0 Å². The average Bonchev–Trinajstić information content (AvgIpc) is 2.03. The van der Waals surface area contributed by atoms with Gasteiger partial charge in [-0.1, -0.05) is 26.1 Å². The molecule has 0 aromatic carbocycles. The van der Waals surface area contributed by atoms with Crippen LogP contribution in [-0.2, 0) is 0 Å². The van der Waals surface area contributed by atoms with Crippen LogP contribution in [0.5, 0.6) is 0 Å². The van der Waals surface area contributed by atoms with E-state index in [1.54, 1.807) is 6.20 Å². The molecule has 4 heteroatoms. The zero-order chi connectivity index (χ0) is 10.0. The van der Waals surface area contributed by atoms with Crippen LogP contribution in [0.3, 0.4) is 0 Å². The van der Waals surface area contributed by atoms with Gasteiger partial charge in [0.15, 0.2) is 0 Å². The smallest absolute Gasteiger partial charge is 0.131 e. The van der Waals surface area contributed by atoms with Gasteiger partial charge in [0.25, 0.3) is 0 Å². The molecule has 1 aromatic heterocycles. The Morgan fingerprint density at radius 1 is 1.54 bits per heavy atom. The normalized spacial score (nSPS) is 10.5. The topological polar surface area (TPSA) is 51.8 Å². The summed E-state index contributed by atoms with van der Waals surface area (Å²) in [6.45, 7) is 5.99. The third-order valence-corrected chi connectivity index (χ3v) is 2.00. The predicted molar refractivity (Wildman–Crippen MR) is 56.7 cm³/mol. The van der Waals surface area contributed by atoms with Gasteiger partial charge < -0.3 is 5.73 Å². The number of hydrogen-bond donors (Lipinski definition) is 1. The van der Waals surface area contributed by atoms with Gasteiger partial charge in [-0.05, 0) is 6.92 Å². The molecular weight excluding hydrogens is 182 g/mol.